The summed E-state index contributed by atoms with van der Waals surface area (Å²) >= 11 is 0. The fraction of sp³-hybridized carbons (Fsp3) is 0.333. The van der Waals surface area contributed by atoms with Gasteiger partial charge in [0, 0.05) is 23.5 Å². The quantitative estimate of drug-likeness (QED) is 0.696. The number of anilines is 3. The van der Waals surface area contributed by atoms with Gasteiger partial charge >= 0.3 is 0 Å². The van der Waals surface area contributed by atoms with Crippen LogP contribution in [0.3, 0.4) is 0 Å². The zero-order chi connectivity index (χ0) is 19.1. The van der Waals surface area contributed by atoms with Crippen LogP contribution in [0.1, 0.15) is 37.0 Å². The zero-order valence-corrected chi connectivity index (χ0v) is 15.9. The maximum absolute atomic E-state index is 12.3. The predicted molar refractivity (Wildman–Crippen MR) is 108 cm³/mol. The van der Waals surface area contributed by atoms with Crippen LogP contribution in [0.25, 0.3) is 0 Å². The molecule has 0 heterocycles. The summed E-state index contributed by atoms with van der Waals surface area (Å²) < 4.78 is 0. The highest BCUT2D eigenvalue weighted by Crippen LogP contribution is 2.22. The first-order valence-electron chi connectivity index (χ1n) is 8.97. The van der Waals surface area contributed by atoms with Gasteiger partial charge in [-0.25, -0.2) is 0 Å². The number of hydrogen-bond acceptors (Lipinski definition) is 3. The molecule has 0 fully saturated rings. The smallest absolute Gasteiger partial charge is 0.243 e. The van der Waals surface area contributed by atoms with Crippen molar-refractivity contribution < 1.29 is 9.59 Å². The first-order valence-corrected chi connectivity index (χ1v) is 8.97. The van der Waals surface area contributed by atoms with Crippen LogP contribution in [0.15, 0.2) is 36.4 Å². The number of rotatable bonds is 7. The summed E-state index contributed by atoms with van der Waals surface area (Å²) in [7, 11) is 0. The third-order valence-corrected chi connectivity index (χ3v) is 4.28. The molecule has 3 N–H and O–H groups in total. The van der Waals surface area contributed by atoms with Gasteiger partial charge in [0.05, 0.1) is 6.54 Å². The van der Waals surface area contributed by atoms with Gasteiger partial charge in [-0.1, -0.05) is 38.1 Å². The average Bonchev–Trinajstić information content (AvgIpc) is 2.63. The second-order valence-corrected chi connectivity index (χ2v) is 6.30. The van der Waals surface area contributed by atoms with Gasteiger partial charge in [0.1, 0.15) is 0 Å². The first-order chi connectivity index (χ1) is 12.4. The van der Waals surface area contributed by atoms with Crippen LogP contribution in [0.5, 0.6) is 0 Å². The van der Waals surface area contributed by atoms with Gasteiger partial charge in [-0.3, -0.25) is 9.59 Å². The summed E-state index contributed by atoms with van der Waals surface area (Å²) in [6.07, 6.45) is 1.32. The Hall–Kier alpha value is -2.82. The third kappa shape index (κ3) is 5.09. The normalized spacial score (nSPS) is 10.3. The van der Waals surface area contributed by atoms with Crippen LogP contribution in [0.2, 0.25) is 0 Å². The number of benzene rings is 2. The highest BCUT2D eigenvalue weighted by atomic mass is 16.2. The molecule has 0 aliphatic heterocycles. The highest BCUT2D eigenvalue weighted by Gasteiger charge is 2.09. The van der Waals surface area contributed by atoms with Gasteiger partial charge in [-0.05, 0) is 49.1 Å². The van der Waals surface area contributed by atoms with Crippen LogP contribution < -0.4 is 16.0 Å². The monoisotopic (exact) mass is 353 g/mol. The minimum atomic E-state index is -0.132. The van der Waals surface area contributed by atoms with E-state index in [0.29, 0.717) is 12.1 Å². The van der Waals surface area contributed by atoms with E-state index in [4.69, 9.17) is 0 Å². The van der Waals surface area contributed by atoms with Gasteiger partial charge in [-0.2, -0.15) is 0 Å². The Labute approximate surface area is 155 Å². The van der Waals surface area contributed by atoms with Gasteiger partial charge in [0.25, 0.3) is 0 Å². The number of aryl methyl sites for hydroxylation is 3. The molecule has 2 amide bonds. The number of carbonyl (C=O) groups excluding carboxylic acids is 2. The minimum absolute atomic E-state index is 0.0510. The summed E-state index contributed by atoms with van der Waals surface area (Å²) in [6.45, 7) is 8.03. The Morgan fingerprint density at radius 3 is 2.38 bits per heavy atom. The maximum atomic E-state index is 12.3. The molecule has 0 atom stereocenters. The SMILES string of the molecule is CCC(=O)Nc1cc(NC(=O)CNc2c(C)cccc2CC)ccc1C. The number of carbonyl (C=O) groups is 2. The largest absolute Gasteiger partial charge is 0.376 e. The van der Waals surface area contributed by atoms with E-state index in [1.807, 2.05) is 38.1 Å². The van der Waals surface area contributed by atoms with Crippen molar-refractivity contribution in [3.8, 4) is 0 Å². The van der Waals surface area contributed by atoms with Crippen molar-refractivity contribution in [3.05, 3.63) is 53.1 Å². The lowest BCUT2D eigenvalue weighted by Gasteiger charge is -2.15. The summed E-state index contributed by atoms with van der Waals surface area (Å²) in [5, 5.41) is 8.96. The lowest BCUT2D eigenvalue weighted by Crippen LogP contribution is -2.22. The van der Waals surface area contributed by atoms with E-state index in [1.165, 1.54) is 5.56 Å². The molecule has 138 valence electrons. The van der Waals surface area contributed by atoms with E-state index >= 15 is 0 Å². The van der Waals surface area contributed by atoms with Crippen molar-refractivity contribution in [2.45, 2.75) is 40.5 Å². The summed E-state index contributed by atoms with van der Waals surface area (Å²) in [4.78, 5) is 23.9. The predicted octanol–water partition coefficient (Wildman–Crippen LogP) is 4.26. The molecule has 0 saturated heterocycles. The van der Waals surface area contributed by atoms with Crippen LogP contribution in [-0.4, -0.2) is 18.4 Å². The van der Waals surface area contributed by atoms with E-state index in [9.17, 15) is 9.59 Å². The Bertz CT molecular complexity index is 800. The van der Waals surface area contributed by atoms with Crippen molar-refractivity contribution in [2.75, 3.05) is 22.5 Å². The summed E-state index contributed by atoms with van der Waals surface area (Å²) in [6, 6.07) is 11.6. The molecule has 0 bridgehead atoms. The first kappa shape index (κ1) is 19.5. The van der Waals surface area contributed by atoms with Crippen LogP contribution in [0.4, 0.5) is 17.1 Å². The molecule has 0 saturated carbocycles. The molecule has 0 aliphatic rings. The summed E-state index contributed by atoms with van der Waals surface area (Å²) in [5.74, 6) is -0.184. The third-order valence-electron chi connectivity index (χ3n) is 4.28. The van der Waals surface area contributed by atoms with Gasteiger partial charge in [0.15, 0.2) is 0 Å². The fourth-order valence-electron chi connectivity index (χ4n) is 2.72. The van der Waals surface area contributed by atoms with Gasteiger partial charge in [0.2, 0.25) is 11.8 Å². The van der Waals surface area contributed by atoms with Crippen LogP contribution in [0, 0.1) is 13.8 Å². The minimum Gasteiger partial charge on any atom is -0.376 e. The highest BCUT2D eigenvalue weighted by molar-refractivity contribution is 5.96. The Balaban J connectivity index is 2.02. The molecule has 0 aromatic heterocycles. The molecule has 2 rings (SSSR count). The topological polar surface area (TPSA) is 70.2 Å². The van der Waals surface area contributed by atoms with Crippen molar-refractivity contribution in [3.63, 3.8) is 0 Å². The molecular formula is C21H27N3O2. The molecule has 2 aromatic rings. The molecule has 2 aromatic carbocycles. The maximum Gasteiger partial charge on any atom is 0.243 e. The molecule has 0 radical (unpaired) electrons. The van der Waals surface area contributed by atoms with Crippen LogP contribution >= 0.6 is 0 Å². The fourth-order valence-corrected chi connectivity index (χ4v) is 2.72. The standard InChI is InChI=1S/C21H27N3O2/c1-5-16-9-7-8-15(4)21(16)22-13-20(26)23-17-11-10-14(3)18(12-17)24-19(25)6-2/h7-12,22H,5-6,13H2,1-4H3,(H,23,26)(H,24,25). The number of amides is 2. The van der Waals surface area contributed by atoms with E-state index in [2.05, 4.69) is 28.9 Å². The Morgan fingerprint density at radius 2 is 1.69 bits per heavy atom. The Morgan fingerprint density at radius 1 is 0.923 bits per heavy atom. The lowest BCUT2D eigenvalue weighted by atomic mass is 10.1. The number of nitrogens with one attached hydrogen (secondary N) is 3. The average molecular weight is 353 g/mol. The summed E-state index contributed by atoms with van der Waals surface area (Å²) in [5.41, 5.74) is 5.67. The van der Waals surface area contributed by atoms with Gasteiger partial charge in [-0.15, -0.1) is 0 Å². The molecular weight excluding hydrogens is 326 g/mol. The molecule has 5 nitrogen and oxygen atoms in total. The van der Waals surface area contributed by atoms with E-state index < -0.39 is 0 Å². The van der Waals surface area contributed by atoms with Gasteiger partial charge < -0.3 is 16.0 Å². The second kappa shape index (κ2) is 9.04. The molecule has 5 heteroatoms. The van der Waals surface area contributed by atoms with Crippen molar-refractivity contribution >= 4 is 28.9 Å². The van der Waals surface area contributed by atoms with E-state index in [-0.39, 0.29) is 18.4 Å². The lowest BCUT2D eigenvalue weighted by molar-refractivity contribution is -0.116. The number of hydrogen-bond donors (Lipinski definition) is 3. The van der Waals surface area contributed by atoms with E-state index in [1.54, 1.807) is 13.0 Å². The molecule has 0 unspecified atom stereocenters. The second-order valence-electron chi connectivity index (χ2n) is 6.30. The molecule has 26 heavy (non-hydrogen) atoms. The van der Waals surface area contributed by atoms with Crippen molar-refractivity contribution in [1.29, 1.82) is 0 Å². The Kier molecular flexibility index (Phi) is 6.78. The molecule has 0 spiro atoms. The zero-order valence-electron chi connectivity index (χ0n) is 15.9. The van der Waals surface area contributed by atoms with Crippen molar-refractivity contribution in [1.82, 2.24) is 0 Å². The van der Waals surface area contributed by atoms with Crippen LogP contribution in [-0.2, 0) is 16.0 Å². The molecule has 0 aliphatic carbocycles. The van der Waals surface area contributed by atoms with E-state index in [0.717, 1.165) is 28.9 Å². The number of para-hydroxylation sites is 1. The van der Waals surface area contributed by atoms with Crippen molar-refractivity contribution in [2.24, 2.45) is 0 Å².